The Balaban J connectivity index is 1.35. The summed E-state index contributed by atoms with van der Waals surface area (Å²) >= 11 is 17.0. The van der Waals surface area contributed by atoms with Crippen LogP contribution in [0.15, 0.2) is 117 Å². The van der Waals surface area contributed by atoms with Crippen molar-refractivity contribution in [1.82, 2.24) is 4.57 Å². The van der Waals surface area contributed by atoms with E-state index in [4.69, 9.17) is 37.7 Å². The Kier molecular flexibility index (Phi) is 9.98. The van der Waals surface area contributed by atoms with Crippen molar-refractivity contribution >= 4 is 68.1 Å². The van der Waals surface area contributed by atoms with Gasteiger partial charge in [-0.3, -0.25) is 14.2 Å². The largest absolute Gasteiger partial charge is 0.494 e. The number of halogens is 3. The zero-order valence-corrected chi connectivity index (χ0v) is 29.2. The highest BCUT2D eigenvalue weighted by atomic mass is 79.9. The number of thiazole rings is 1. The first-order valence-electron chi connectivity index (χ1n) is 14.7. The lowest BCUT2D eigenvalue weighted by Crippen LogP contribution is -2.40. The Labute approximate surface area is 293 Å². The summed E-state index contributed by atoms with van der Waals surface area (Å²) in [7, 11) is 0. The van der Waals surface area contributed by atoms with Gasteiger partial charge < -0.3 is 14.8 Å². The number of hydrogen-bond donors (Lipinski definition) is 1. The molecular formula is C36H28BrCl2N3O4S. The minimum absolute atomic E-state index is 0.249. The molecule has 47 heavy (non-hydrogen) atoms. The number of rotatable bonds is 9. The van der Waals surface area contributed by atoms with Crippen LogP contribution in [-0.2, 0) is 11.4 Å². The number of anilines is 1. The van der Waals surface area contributed by atoms with Crippen LogP contribution in [0.4, 0.5) is 5.69 Å². The molecule has 1 aliphatic heterocycles. The molecule has 238 valence electrons. The number of nitrogens with one attached hydrogen (secondary N) is 1. The third kappa shape index (κ3) is 7.23. The summed E-state index contributed by atoms with van der Waals surface area (Å²) in [6.45, 7) is 4.55. The fourth-order valence-corrected chi connectivity index (χ4v) is 7.10. The van der Waals surface area contributed by atoms with Gasteiger partial charge in [0.15, 0.2) is 4.80 Å². The van der Waals surface area contributed by atoms with Gasteiger partial charge >= 0.3 is 0 Å². The molecule has 0 spiro atoms. The Hall–Kier alpha value is -4.15. The molecule has 0 unspecified atom stereocenters. The molecule has 7 nitrogen and oxygen atoms in total. The Bertz CT molecular complexity index is 2180. The number of fused-ring (bicyclic) bond motifs is 1. The fourth-order valence-electron chi connectivity index (χ4n) is 5.23. The summed E-state index contributed by atoms with van der Waals surface area (Å²) in [5.41, 5.74) is 3.77. The van der Waals surface area contributed by atoms with Crippen molar-refractivity contribution in [1.29, 1.82) is 0 Å². The molecule has 0 saturated heterocycles. The highest BCUT2D eigenvalue weighted by Gasteiger charge is 2.32. The first kappa shape index (κ1) is 32.8. The van der Waals surface area contributed by atoms with E-state index in [-0.39, 0.29) is 11.5 Å². The lowest BCUT2D eigenvalue weighted by molar-refractivity contribution is -0.113. The van der Waals surface area contributed by atoms with Crippen LogP contribution in [0.1, 0.15) is 36.6 Å². The van der Waals surface area contributed by atoms with E-state index in [9.17, 15) is 9.59 Å². The molecule has 1 amide bonds. The van der Waals surface area contributed by atoms with Gasteiger partial charge in [0.2, 0.25) is 0 Å². The molecule has 1 N–H and O–H groups in total. The number of carbonyl (C=O) groups excluding carboxylic acids is 1. The second kappa shape index (κ2) is 14.3. The normalized spacial score (nSPS) is 14.4. The third-order valence-corrected chi connectivity index (χ3v) is 9.78. The van der Waals surface area contributed by atoms with Gasteiger partial charge in [0, 0.05) is 5.69 Å². The van der Waals surface area contributed by atoms with Gasteiger partial charge in [-0.05, 0) is 101 Å². The van der Waals surface area contributed by atoms with Crippen molar-refractivity contribution in [3.8, 4) is 11.5 Å². The summed E-state index contributed by atoms with van der Waals surface area (Å²) in [5.74, 6) is 1.01. The standard InChI is InChI=1S/C36H28BrCl2N3O4S/c1-3-45-26-13-11-24(12-14-26)33-32(34(43)41-25-7-5-4-6-8-25)21(2)40-36-42(33)35(44)31(47-36)19-22-10-16-30(27(37)17-22)46-20-23-9-15-28(38)29(39)18-23/h4-19,33H,3,20H2,1-2H3,(H,41,43)/b31-19-/t33-/m0/s1. The zero-order chi connectivity index (χ0) is 33.1. The van der Waals surface area contributed by atoms with Crippen molar-refractivity contribution in [2.75, 3.05) is 11.9 Å². The van der Waals surface area contributed by atoms with Crippen LogP contribution in [0.3, 0.4) is 0 Å². The lowest BCUT2D eigenvalue weighted by atomic mass is 9.95. The zero-order valence-electron chi connectivity index (χ0n) is 25.3. The molecule has 5 aromatic rings. The summed E-state index contributed by atoms with van der Waals surface area (Å²) < 4.78 is 14.4. The van der Waals surface area contributed by atoms with Crippen LogP contribution in [-0.4, -0.2) is 17.1 Å². The van der Waals surface area contributed by atoms with Crippen LogP contribution < -0.4 is 29.7 Å². The van der Waals surface area contributed by atoms with E-state index in [0.717, 1.165) is 21.2 Å². The van der Waals surface area contributed by atoms with Crippen LogP contribution in [0, 0.1) is 0 Å². The second-order valence-corrected chi connectivity index (χ2v) is 13.3. The third-order valence-electron chi connectivity index (χ3n) is 7.44. The summed E-state index contributed by atoms with van der Waals surface area (Å²) in [6, 6.07) is 26.9. The first-order chi connectivity index (χ1) is 22.7. The highest BCUT2D eigenvalue weighted by Crippen LogP contribution is 2.32. The van der Waals surface area contributed by atoms with E-state index in [1.807, 2.05) is 91.9 Å². The van der Waals surface area contributed by atoms with Gasteiger partial charge in [-0.2, -0.15) is 0 Å². The van der Waals surface area contributed by atoms with E-state index < -0.39 is 6.04 Å². The molecular weight excluding hydrogens is 721 g/mol. The molecule has 0 bridgehead atoms. The predicted molar refractivity (Wildman–Crippen MR) is 191 cm³/mol. The number of allylic oxidation sites excluding steroid dienone is 1. The fraction of sp³-hybridized carbons (Fsp3) is 0.139. The molecule has 11 heteroatoms. The van der Waals surface area contributed by atoms with E-state index in [0.29, 0.717) is 61.0 Å². The number of ether oxygens (including phenoxy) is 2. The number of para-hydroxylation sites is 1. The van der Waals surface area contributed by atoms with Crippen LogP contribution >= 0.6 is 50.5 Å². The van der Waals surface area contributed by atoms with Gasteiger partial charge in [-0.25, -0.2) is 4.99 Å². The van der Waals surface area contributed by atoms with Gasteiger partial charge in [0.25, 0.3) is 11.5 Å². The summed E-state index contributed by atoms with van der Waals surface area (Å²) in [4.78, 5) is 33.2. The Morgan fingerprint density at radius 3 is 2.47 bits per heavy atom. The number of benzene rings is 4. The summed E-state index contributed by atoms with van der Waals surface area (Å²) in [6.07, 6.45) is 1.82. The van der Waals surface area contributed by atoms with E-state index >= 15 is 0 Å². The van der Waals surface area contributed by atoms with Crippen LogP contribution in [0.25, 0.3) is 6.08 Å². The number of nitrogens with zero attached hydrogens (tertiary/aromatic N) is 2. The molecule has 1 aliphatic rings. The quantitative estimate of drug-likeness (QED) is 0.166. The minimum Gasteiger partial charge on any atom is -0.494 e. The van der Waals surface area contributed by atoms with E-state index in [2.05, 4.69) is 21.2 Å². The minimum atomic E-state index is -0.698. The first-order valence-corrected chi connectivity index (χ1v) is 17.1. The van der Waals surface area contributed by atoms with Crippen molar-refractivity contribution in [2.24, 2.45) is 4.99 Å². The van der Waals surface area contributed by atoms with Crippen LogP contribution in [0.5, 0.6) is 11.5 Å². The summed E-state index contributed by atoms with van der Waals surface area (Å²) in [5, 5.41) is 3.93. The molecule has 0 aliphatic carbocycles. The van der Waals surface area contributed by atoms with Crippen molar-refractivity contribution in [2.45, 2.75) is 26.5 Å². The maximum absolute atomic E-state index is 14.1. The predicted octanol–water partition coefficient (Wildman–Crippen LogP) is 7.92. The van der Waals surface area contributed by atoms with E-state index in [1.54, 1.807) is 23.6 Å². The highest BCUT2D eigenvalue weighted by molar-refractivity contribution is 9.10. The number of carbonyl (C=O) groups is 1. The maximum atomic E-state index is 14.1. The SMILES string of the molecule is CCOc1ccc([C@H]2C(C(=O)Nc3ccccc3)=C(C)N=c3s/c(=C\c4ccc(OCc5ccc(Cl)c(Cl)c5)c(Br)c4)c(=O)n32)cc1. The van der Waals surface area contributed by atoms with Crippen LogP contribution in [0.2, 0.25) is 10.0 Å². The average molecular weight is 750 g/mol. The van der Waals surface area contributed by atoms with Gasteiger partial charge in [-0.15, -0.1) is 0 Å². The molecule has 1 aromatic heterocycles. The second-order valence-electron chi connectivity index (χ2n) is 10.6. The molecule has 0 fully saturated rings. The molecule has 0 saturated carbocycles. The number of aromatic nitrogens is 1. The average Bonchev–Trinajstić information content (AvgIpc) is 3.36. The molecule has 0 radical (unpaired) electrons. The van der Waals surface area contributed by atoms with Crippen molar-refractivity contribution in [3.63, 3.8) is 0 Å². The number of amides is 1. The molecule has 1 atom stereocenters. The van der Waals surface area contributed by atoms with Gasteiger partial charge in [0.1, 0.15) is 18.1 Å². The van der Waals surface area contributed by atoms with E-state index in [1.165, 1.54) is 11.3 Å². The molecule has 2 heterocycles. The molecule has 6 rings (SSSR count). The molecule has 4 aromatic carbocycles. The smallest absolute Gasteiger partial charge is 0.271 e. The van der Waals surface area contributed by atoms with Crippen molar-refractivity contribution in [3.05, 3.63) is 153 Å². The van der Waals surface area contributed by atoms with Gasteiger partial charge in [0.05, 0.1) is 43.0 Å². The van der Waals surface area contributed by atoms with Gasteiger partial charge in [-0.1, -0.05) is 77.0 Å². The monoisotopic (exact) mass is 747 g/mol. The topological polar surface area (TPSA) is 81.9 Å². The Morgan fingerprint density at radius 2 is 1.77 bits per heavy atom. The lowest BCUT2D eigenvalue weighted by Gasteiger charge is -2.25. The Morgan fingerprint density at radius 1 is 1.00 bits per heavy atom. The van der Waals surface area contributed by atoms with Crippen molar-refractivity contribution < 1.29 is 14.3 Å². The maximum Gasteiger partial charge on any atom is 0.271 e. The number of hydrogen-bond acceptors (Lipinski definition) is 6.